The van der Waals surface area contributed by atoms with Crippen LogP contribution in [0.1, 0.15) is 37.3 Å². The molecule has 15 heavy (non-hydrogen) atoms. The molecular weight excluding hydrogens is 186 g/mol. The lowest BCUT2D eigenvalue weighted by atomic mass is 10.00. The van der Waals surface area contributed by atoms with Gasteiger partial charge in [-0.2, -0.15) is 5.26 Å². The maximum Gasteiger partial charge on any atom is 0.122 e. The van der Waals surface area contributed by atoms with Crippen molar-refractivity contribution in [2.75, 3.05) is 6.61 Å². The Hall–Kier alpha value is -1.49. The van der Waals surface area contributed by atoms with Crippen molar-refractivity contribution in [3.8, 4) is 11.8 Å². The second-order valence-electron chi connectivity index (χ2n) is 3.61. The van der Waals surface area contributed by atoms with Gasteiger partial charge in [0.15, 0.2) is 0 Å². The molecule has 1 radical (unpaired) electrons. The molecule has 2 nitrogen and oxygen atoms in total. The first-order valence-electron chi connectivity index (χ1n) is 5.19. The third-order valence-electron chi connectivity index (χ3n) is 2.13. The Morgan fingerprint density at radius 2 is 2.27 bits per heavy atom. The van der Waals surface area contributed by atoms with E-state index >= 15 is 0 Å². The molecule has 0 aromatic heterocycles. The van der Waals surface area contributed by atoms with Crippen LogP contribution in [0.25, 0.3) is 0 Å². The number of hydrogen-bond donors (Lipinski definition) is 0. The molecule has 1 aromatic rings. The van der Waals surface area contributed by atoms with Gasteiger partial charge in [-0.05, 0) is 43.0 Å². The number of benzene rings is 1. The Kier molecular flexibility index (Phi) is 4.17. The maximum atomic E-state index is 8.80. The summed E-state index contributed by atoms with van der Waals surface area (Å²) in [5.41, 5.74) is 1.66. The zero-order chi connectivity index (χ0) is 11.3. The van der Waals surface area contributed by atoms with Crippen molar-refractivity contribution in [3.05, 3.63) is 36.2 Å². The van der Waals surface area contributed by atoms with Crippen molar-refractivity contribution in [3.63, 3.8) is 0 Å². The van der Waals surface area contributed by atoms with Crippen LogP contribution in [-0.2, 0) is 0 Å². The fraction of sp³-hybridized carbons (Fsp3) is 0.385. The number of hydrogen-bond acceptors (Lipinski definition) is 2. The summed E-state index contributed by atoms with van der Waals surface area (Å²) in [6.07, 6.45) is 0.977. The molecule has 0 amide bonds. The first-order valence-corrected chi connectivity index (χ1v) is 5.19. The molecule has 0 N–H and O–H groups in total. The molecule has 1 atom stereocenters. The maximum absolute atomic E-state index is 8.80. The van der Waals surface area contributed by atoms with Crippen LogP contribution in [-0.4, -0.2) is 6.61 Å². The van der Waals surface area contributed by atoms with E-state index in [1.54, 1.807) is 6.07 Å². The van der Waals surface area contributed by atoms with E-state index in [-0.39, 0.29) is 5.92 Å². The average molecular weight is 202 g/mol. The monoisotopic (exact) mass is 202 g/mol. The van der Waals surface area contributed by atoms with Gasteiger partial charge in [0.05, 0.1) is 18.2 Å². The van der Waals surface area contributed by atoms with Crippen LogP contribution < -0.4 is 4.74 Å². The molecule has 1 aromatic carbocycles. The number of nitriles is 1. The van der Waals surface area contributed by atoms with E-state index < -0.39 is 0 Å². The smallest absolute Gasteiger partial charge is 0.122 e. The summed E-state index contributed by atoms with van der Waals surface area (Å²) in [4.78, 5) is 0. The average Bonchev–Trinajstić information content (AvgIpc) is 2.26. The third-order valence-corrected chi connectivity index (χ3v) is 2.13. The van der Waals surface area contributed by atoms with Gasteiger partial charge in [-0.25, -0.2) is 0 Å². The molecule has 0 saturated carbocycles. The molecule has 2 heteroatoms. The fourth-order valence-electron chi connectivity index (χ4n) is 1.35. The largest absolute Gasteiger partial charge is 0.493 e. The van der Waals surface area contributed by atoms with E-state index in [0.29, 0.717) is 12.2 Å². The first-order chi connectivity index (χ1) is 7.19. The van der Waals surface area contributed by atoms with E-state index in [2.05, 4.69) is 19.9 Å². The second-order valence-corrected chi connectivity index (χ2v) is 3.61. The minimum absolute atomic E-state index is 0.130. The number of rotatable bonds is 4. The highest BCUT2D eigenvalue weighted by Crippen LogP contribution is 2.27. The number of ether oxygens (including phenoxy) is 1. The minimum atomic E-state index is 0.130. The van der Waals surface area contributed by atoms with Crippen LogP contribution in [0.3, 0.4) is 0 Å². The predicted octanol–water partition coefficient (Wildman–Crippen LogP) is 3.28. The quantitative estimate of drug-likeness (QED) is 0.750. The zero-order valence-corrected chi connectivity index (χ0v) is 9.29. The summed E-state index contributed by atoms with van der Waals surface area (Å²) in [7, 11) is 0. The summed E-state index contributed by atoms with van der Waals surface area (Å²) in [5, 5.41) is 8.80. The van der Waals surface area contributed by atoms with Crippen LogP contribution in [0.4, 0.5) is 0 Å². The molecule has 0 saturated heterocycles. The molecule has 0 bridgehead atoms. The van der Waals surface area contributed by atoms with Crippen LogP contribution in [0.15, 0.2) is 18.2 Å². The number of nitrogens with zero attached hydrogens (tertiary/aromatic N) is 1. The SMILES string of the molecule is [CH2]C(C)c1cc(C#N)ccc1OCCC. The predicted molar refractivity (Wildman–Crippen MR) is 60.7 cm³/mol. The molecule has 0 heterocycles. The second kappa shape index (κ2) is 5.41. The standard InChI is InChI=1S/C13H16NO/c1-4-7-15-13-6-5-11(9-14)8-12(13)10(2)3/h5-6,8,10H,2,4,7H2,1,3H3. The summed E-state index contributed by atoms with van der Waals surface area (Å²) in [6.45, 7) is 8.73. The topological polar surface area (TPSA) is 33.0 Å². The van der Waals surface area contributed by atoms with Crippen molar-refractivity contribution in [1.82, 2.24) is 0 Å². The Balaban J connectivity index is 3.00. The van der Waals surface area contributed by atoms with Crippen LogP contribution in [0.2, 0.25) is 0 Å². The van der Waals surface area contributed by atoms with Crippen molar-refractivity contribution in [1.29, 1.82) is 5.26 Å². The van der Waals surface area contributed by atoms with Gasteiger partial charge in [-0.3, -0.25) is 0 Å². The van der Waals surface area contributed by atoms with Gasteiger partial charge < -0.3 is 4.74 Å². The summed E-state index contributed by atoms with van der Waals surface area (Å²) < 4.78 is 5.60. The molecule has 0 aliphatic heterocycles. The van der Waals surface area contributed by atoms with Crippen molar-refractivity contribution in [2.45, 2.75) is 26.2 Å². The fourth-order valence-corrected chi connectivity index (χ4v) is 1.35. The Bertz CT molecular complexity index is 363. The van der Waals surface area contributed by atoms with Crippen molar-refractivity contribution >= 4 is 0 Å². The molecule has 79 valence electrons. The third kappa shape index (κ3) is 2.99. The summed E-state index contributed by atoms with van der Waals surface area (Å²) >= 11 is 0. The highest BCUT2D eigenvalue weighted by molar-refractivity contribution is 5.44. The molecular formula is C13H16NO. The summed E-state index contributed by atoms with van der Waals surface area (Å²) in [5.74, 6) is 0.975. The van der Waals surface area contributed by atoms with E-state index in [4.69, 9.17) is 10.00 Å². The molecule has 1 unspecified atom stereocenters. The highest BCUT2D eigenvalue weighted by Gasteiger charge is 2.08. The highest BCUT2D eigenvalue weighted by atomic mass is 16.5. The van der Waals surface area contributed by atoms with Crippen LogP contribution in [0.5, 0.6) is 5.75 Å². The molecule has 0 fully saturated rings. The Labute approximate surface area is 91.5 Å². The molecule has 0 spiro atoms. The van der Waals surface area contributed by atoms with E-state index in [1.165, 1.54) is 0 Å². The van der Waals surface area contributed by atoms with Gasteiger partial charge >= 0.3 is 0 Å². The van der Waals surface area contributed by atoms with Gasteiger partial charge in [-0.15, -0.1) is 0 Å². The lowest BCUT2D eigenvalue weighted by molar-refractivity contribution is 0.313. The zero-order valence-electron chi connectivity index (χ0n) is 9.29. The minimum Gasteiger partial charge on any atom is -0.493 e. The van der Waals surface area contributed by atoms with Crippen molar-refractivity contribution in [2.24, 2.45) is 0 Å². The lowest BCUT2D eigenvalue weighted by Gasteiger charge is -2.13. The van der Waals surface area contributed by atoms with E-state index in [0.717, 1.165) is 17.7 Å². The molecule has 0 aliphatic rings. The van der Waals surface area contributed by atoms with Crippen LogP contribution >= 0.6 is 0 Å². The van der Waals surface area contributed by atoms with E-state index in [1.807, 2.05) is 19.1 Å². The van der Waals surface area contributed by atoms with Gasteiger partial charge in [0, 0.05) is 0 Å². The van der Waals surface area contributed by atoms with Gasteiger partial charge in [0.25, 0.3) is 0 Å². The van der Waals surface area contributed by atoms with E-state index in [9.17, 15) is 0 Å². The Morgan fingerprint density at radius 1 is 1.53 bits per heavy atom. The lowest BCUT2D eigenvalue weighted by Crippen LogP contribution is -2.00. The van der Waals surface area contributed by atoms with Gasteiger partial charge in [-0.1, -0.05) is 13.8 Å². The molecule has 0 aliphatic carbocycles. The van der Waals surface area contributed by atoms with Gasteiger partial charge in [0.2, 0.25) is 0 Å². The Morgan fingerprint density at radius 3 is 2.80 bits per heavy atom. The van der Waals surface area contributed by atoms with Crippen molar-refractivity contribution < 1.29 is 4.74 Å². The molecule has 1 rings (SSSR count). The van der Waals surface area contributed by atoms with Gasteiger partial charge in [0.1, 0.15) is 5.75 Å². The summed E-state index contributed by atoms with van der Waals surface area (Å²) in [6, 6.07) is 7.60. The normalized spacial score (nSPS) is 10.1. The first kappa shape index (κ1) is 11.6. The van der Waals surface area contributed by atoms with Crippen LogP contribution in [0, 0.1) is 18.3 Å².